The van der Waals surface area contributed by atoms with Crippen LogP contribution in [0.1, 0.15) is 48.0 Å². The largest absolute Gasteiger partial charge is 0.330 e. The van der Waals surface area contributed by atoms with Crippen LogP contribution in [0.3, 0.4) is 0 Å². The van der Waals surface area contributed by atoms with Gasteiger partial charge in [0.05, 0.1) is 11.3 Å². The summed E-state index contributed by atoms with van der Waals surface area (Å²) in [6.45, 7) is 1.56. The second-order valence-corrected chi connectivity index (χ2v) is 9.68. The molecule has 0 fully saturated rings. The molecular formula is C24H33N3OS2. The van der Waals surface area contributed by atoms with E-state index >= 15 is 0 Å². The molecule has 0 radical (unpaired) electrons. The van der Waals surface area contributed by atoms with Gasteiger partial charge in [0.2, 0.25) is 0 Å². The highest BCUT2D eigenvalue weighted by Crippen LogP contribution is 2.35. The number of fused-ring (bicyclic) bond motifs is 1. The van der Waals surface area contributed by atoms with Crippen molar-refractivity contribution in [1.82, 2.24) is 0 Å². The highest BCUT2D eigenvalue weighted by atomic mass is 32.2. The van der Waals surface area contributed by atoms with Gasteiger partial charge in [0.15, 0.2) is 0 Å². The lowest BCUT2D eigenvalue weighted by molar-refractivity contribution is 0.0990. The Kier molecular flexibility index (Phi) is 8.97. The van der Waals surface area contributed by atoms with Gasteiger partial charge in [0, 0.05) is 30.4 Å². The average Bonchev–Trinajstić information content (AvgIpc) is 3.20. The Labute approximate surface area is 189 Å². The van der Waals surface area contributed by atoms with Crippen molar-refractivity contribution in [2.45, 2.75) is 43.4 Å². The van der Waals surface area contributed by atoms with Crippen molar-refractivity contribution in [3.8, 4) is 0 Å². The van der Waals surface area contributed by atoms with E-state index in [0.717, 1.165) is 48.6 Å². The van der Waals surface area contributed by atoms with Crippen LogP contribution in [-0.2, 0) is 6.42 Å². The molecule has 0 spiro atoms. The summed E-state index contributed by atoms with van der Waals surface area (Å²) < 4.78 is 2.04. The second kappa shape index (κ2) is 11.7. The van der Waals surface area contributed by atoms with Crippen LogP contribution in [0.5, 0.6) is 0 Å². The van der Waals surface area contributed by atoms with Crippen LogP contribution >= 0.6 is 23.7 Å². The lowest BCUT2D eigenvalue weighted by atomic mass is 10.1. The molecular weight excluding hydrogens is 410 g/mol. The number of hydrogen-bond donors (Lipinski definition) is 1. The molecule has 2 N–H and O–H groups in total. The minimum absolute atomic E-state index is 0.0862. The van der Waals surface area contributed by atoms with E-state index in [0.29, 0.717) is 0 Å². The molecule has 0 aliphatic carbocycles. The Hall–Kier alpha value is -1.63. The Morgan fingerprint density at radius 1 is 1.10 bits per heavy atom. The number of thioether (sulfide) groups is 1. The molecule has 30 heavy (non-hydrogen) atoms. The third-order valence-corrected chi connectivity index (χ3v) is 7.38. The normalized spacial score (nSPS) is 12.8. The molecule has 0 bridgehead atoms. The molecule has 0 saturated heterocycles. The molecule has 3 rings (SSSR count). The second-order valence-electron chi connectivity index (χ2n) is 7.60. The van der Waals surface area contributed by atoms with E-state index in [4.69, 9.17) is 5.73 Å². The third kappa shape index (κ3) is 5.74. The summed E-state index contributed by atoms with van der Waals surface area (Å²) in [4.78, 5) is 16.6. The Bertz CT molecular complexity index is 843. The number of benzene rings is 2. The van der Waals surface area contributed by atoms with Gasteiger partial charge in [0.1, 0.15) is 0 Å². The molecule has 162 valence electrons. The van der Waals surface area contributed by atoms with Crippen LogP contribution in [0.15, 0.2) is 47.4 Å². The maximum Gasteiger partial charge on any atom is 0.260 e. The van der Waals surface area contributed by atoms with Crippen LogP contribution in [0.25, 0.3) is 0 Å². The van der Waals surface area contributed by atoms with Gasteiger partial charge in [-0.3, -0.25) is 4.79 Å². The number of nitrogens with zero attached hydrogens (tertiary/aromatic N) is 2. The van der Waals surface area contributed by atoms with Gasteiger partial charge in [-0.1, -0.05) is 43.3 Å². The minimum atomic E-state index is 0.0862. The van der Waals surface area contributed by atoms with Crippen LogP contribution < -0.4 is 14.9 Å². The van der Waals surface area contributed by atoms with Crippen molar-refractivity contribution in [3.05, 3.63) is 53.6 Å². The van der Waals surface area contributed by atoms with E-state index in [1.54, 1.807) is 11.9 Å². The highest BCUT2D eigenvalue weighted by molar-refractivity contribution is 8.00. The number of nitrogens with two attached hydrogens (primary N) is 1. The number of unbranched alkanes of at least 4 members (excludes halogenated alkanes) is 4. The topological polar surface area (TPSA) is 49.6 Å². The van der Waals surface area contributed by atoms with Crippen molar-refractivity contribution >= 4 is 41.0 Å². The first-order chi connectivity index (χ1) is 14.7. The van der Waals surface area contributed by atoms with Crippen molar-refractivity contribution in [1.29, 1.82) is 0 Å². The number of para-hydroxylation sites is 1. The standard InChI is InChI=1S/C24H33N3OS2/c1-26(29-2)23-11-7-6-10-21(23)24(28)27-16-14-19-18-20(12-13-22(19)27)30-17-9-5-3-4-8-15-25/h6-7,10-13,18H,3-5,8-9,14-17,25H2,1-2H3. The van der Waals surface area contributed by atoms with Crippen molar-refractivity contribution < 1.29 is 4.79 Å². The summed E-state index contributed by atoms with van der Waals surface area (Å²) in [5, 5.41) is 0. The van der Waals surface area contributed by atoms with E-state index in [1.165, 1.54) is 36.1 Å². The van der Waals surface area contributed by atoms with Crippen molar-refractivity contribution in [2.24, 2.45) is 5.73 Å². The summed E-state index contributed by atoms with van der Waals surface area (Å²) in [6.07, 6.45) is 9.15. The number of hydrogen-bond acceptors (Lipinski definition) is 5. The molecule has 0 saturated carbocycles. The van der Waals surface area contributed by atoms with Crippen LogP contribution in [0.2, 0.25) is 0 Å². The Balaban J connectivity index is 1.61. The lowest BCUT2D eigenvalue weighted by Crippen LogP contribution is -2.30. The van der Waals surface area contributed by atoms with Gasteiger partial charge in [-0.05, 0) is 67.5 Å². The first-order valence-corrected chi connectivity index (χ1v) is 13.0. The molecule has 0 unspecified atom stereocenters. The zero-order valence-corrected chi connectivity index (χ0v) is 19.7. The summed E-state index contributed by atoms with van der Waals surface area (Å²) in [5.41, 5.74) is 9.61. The quantitative estimate of drug-likeness (QED) is 0.278. The number of carbonyl (C=O) groups is 1. The van der Waals surface area contributed by atoms with Crippen LogP contribution in [0.4, 0.5) is 11.4 Å². The molecule has 1 heterocycles. The highest BCUT2D eigenvalue weighted by Gasteiger charge is 2.27. The summed E-state index contributed by atoms with van der Waals surface area (Å²) >= 11 is 3.54. The van der Waals surface area contributed by atoms with Gasteiger partial charge < -0.3 is 14.9 Å². The van der Waals surface area contributed by atoms with E-state index in [2.05, 4.69) is 18.2 Å². The van der Waals surface area contributed by atoms with Crippen molar-refractivity contribution in [2.75, 3.05) is 41.4 Å². The van der Waals surface area contributed by atoms with Gasteiger partial charge in [0.25, 0.3) is 5.91 Å². The molecule has 6 heteroatoms. The minimum Gasteiger partial charge on any atom is -0.330 e. The van der Waals surface area contributed by atoms with Gasteiger partial charge >= 0.3 is 0 Å². The zero-order valence-electron chi connectivity index (χ0n) is 18.1. The van der Waals surface area contributed by atoms with E-state index in [9.17, 15) is 4.79 Å². The maximum absolute atomic E-state index is 13.3. The van der Waals surface area contributed by atoms with Crippen LogP contribution in [0, 0.1) is 0 Å². The fraction of sp³-hybridized carbons (Fsp3) is 0.458. The third-order valence-electron chi connectivity index (χ3n) is 5.56. The predicted octanol–water partition coefficient (Wildman–Crippen LogP) is 5.61. The summed E-state index contributed by atoms with van der Waals surface area (Å²) in [6, 6.07) is 14.4. The maximum atomic E-state index is 13.3. The lowest BCUT2D eigenvalue weighted by Gasteiger charge is -2.23. The van der Waals surface area contributed by atoms with Gasteiger partial charge in [-0.25, -0.2) is 0 Å². The number of amides is 1. The smallest absolute Gasteiger partial charge is 0.260 e. The first kappa shape index (κ1) is 23.0. The Morgan fingerprint density at radius 2 is 1.87 bits per heavy atom. The first-order valence-electron chi connectivity index (χ1n) is 10.8. The summed E-state index contributed by atoms with van der Waals surface area (Å²) in [7, 11) is 2.00. The van der Waals surface area contributed by atoms with E-state index in [-0.39, 0.29) is 5.91 Å². The average molecular weight is 444 g/mol. The molecule has 2 aromatic carbocycles. The summed E-state index contributed by atoms with van der Waals surface area (Å²) in [5.74, 6) is 1.24. The molecule has 2 aromatic rings. The number of anilines is 2. The van der Waals surface area contributed by atoms with E-state index < -0.39 is 0 Å². The number of rotatable bonds is 11. The molecule has 0 aromatic heterocycles. The molecule has 0 atom stereocenters. The van der Waals surface area contributed by atoms with Crippen molar-refractivity contribution in [3.63, 3.8) is 0 Å². The monoisotopic (exact) mass is 443 g/mol. The van der Waals surface area contributed by atoms with Crippen LogP contribution in [-0.4, -0.2) is 38.1 Å². The van der Waals surface area contributed by atoms with Gasteiger partial charge in [-0.15, -0.1) is 11.8 Å². The molecule has 4 nitrogen and oxygen atoms in total. The fourth-order valence-electron chi connectivity index (χ4n) is 3.82. The SMILES string of the molecule is CSN(C)c1ccccc1C(=O)N1CCc2cc(SCCCCCCCN)ccc21. The Morgan fingerprint density at radius 3 is 2.67 bits per heavy atom. The predicted molar refractivity (Wildman–Crippen MR) is 133 cm³/mol. The molecule has 1 amide bonds. The zero-order chi connectivity index (χ0) is 21.3. The molecule has 1 aliphatic rings. The molecule has 1 aliphatic heterocycles. The van der Waals surface area contributed by atoms with E-state index in [1.807, 2.05) is 58.5 Å². The fourth-order valence-corrected chi connectivity index (χ4v) is 5.15. The number of carbonyl (C=O) groups excluding carboxylic acids is 1. The van der Waals surface area contributed by atoms with Gasteiger partial charge in [-0.2, -0.15) is 0 Å².